The molecule has 0 spiro atoms. The van der Waals surface area contributed by atoms with Gasteiger partial charge in [0.2, 0.25) is 0 Å². The van der Waals surface area contributed by atoms with Crippen LogP contribution >= 0.6 is 11.6 Å². The van der Waals surface area contributed by atoms with Crippen molar-refractivity contribution in [3.05, 3.63) is 34.3 Å². The van der Waals surface area contributed by atoms with E-state index in [-0.39, 0.29) is 11.8 Å². The second kappa shape index (κ2) is 7.90. The summed E-state index contributed by atoms with van der Waals surface area (Å²) < 4.78 is 0. The second-order valence-electron chi connectivity index (χ2n) is 7.05. The maximum Gasteiger partial charge on any atom is 0.308 e. The Bertz CT molecular complexity index is 598. The second-order valence-corrected chi connectivity index (χ2v) is 7.49. The zero-order chi connectivity index (χ0) is 17.1. The molecule has 0 amide bonds. The first-order chi connectivity index (χ1) is 11.6. The third-order valence-corrected chi connectivity index (χ3v) is 5.54. The highest BCUT2D eigenvalue weighted by atomic mass is 35.5. The van der Waals surface area contributed by atoms with Crippen LogP contribution in [0.1, 0.15) is 24.0 Å². The lowest BCUT2D eigenvalue weighted by molar-refractivity contribution is -0.142. The van der Waals surface area contributed by atoms with Gasteiger partial charge >= 0.3 is 5.97 Å². The van der Waals surface area contributed by atoms with Gasteiger partial charge in [-0.15, -0.1) is 0 Å². The Morgan fingerprint density at radius 1 is 1.38 bits per heavy atom. The lowest BCUT2D eigenvalue weighted by Crippen LogP contribution is -2.44. The highest BCUT2D eigenvalue weighted by Gasteiger charge is 2.37. The number of halogens is 1. The van der Waals surface area contributed by atoms with E-state index in [9.17, 15) is 9.90 Å². The minimum atomic E-state index is -0.670. The van der Waals surface area contributed by atoms with Gasteiger partial charge in [-0.2, -0.15) is 0 Å². The third-order valence-electron chi connectivity index (χ3n) is 5.31. The predicted octanol–water partition coefficient (Wildman–Crippen LogP) is 2.35. The standard InChI is InChI=1S/C18H24BClN2O2/c19-5-1-2-13-9-22(11-17(13)18(23)24)10-16-7-12-3-4-15(20)6-14(12)8-21-16/h3-4,6,13,16-17,21H,1-2,5,7-11H2,(H,23,24)/t13-,16?,17+/m0/s1. The highest BCUT2D eigenvalue weighted by molar-refractivity contribution is 6.30. The molecule has 1 aromatic rings. The van der Waals surface area contributed by atoms with Gasteiger partial charge in [-0.3, -0.25) is 4.79 Å². The van der Waals surface area contributed by atoms with E-state index >= 15 is 0 Å². The van der Waals surface area contributed by atoms with Crippen LogP contribution in [0.25, 0.3) is 0 Å². The number of hydrogen-bond donors (Lipinski definition) is 2. The number of fused-ring (bicyclic) bond motifs is 1. The molecule has 1 unspecified atom stereocenters. The minimum Gasteiger partial charge on any atom is -0.481 e. The van der Waals surface area contributed by atoms with Crippen LogP contribution < -0.4 is 5.32 Å². The molecule has 0 bridgehead atoms. The maximum absolute atomic E-state index is 11.5. The predicted molar refractivity (Wildman–Crippen MR) is 96.6 cm³/mol. The monoisotopic (exact) mass is 346 g/mol. The van der Waals surface area contributed by atoms with Crippen molar-refractivity contribution in [1.29, 1.82) is 0 Å². The largest absolute Gasteiger partial charge is 0.481 e. The zero-order valence-corrected chi connectivity index (χ0v) is 14.6. The van der Waals surface area contributed by atoms with Crippen molar-refractivity contribution in [2.75, 3.05) is 19.6 Å². The fraction of sp³-hybridized carbons (Fsp3) is 0.611. The van der Waals surface area contributed by atoms with Gasteiger partial charge in [0.1, 0.15) is 0 Å². The molecule has 24 heavy (non-hydrogen) atoms. The van der Waals surface area contributed by atoms with Crippen molar-refractivity contribution >= 4 is 25.4 Å². The van der Waals surface area contributed by atoms with Gasteiger partial charge in [-0.05, 0) is 42.0 Å². The Labute approximate surface area is 150 Å². The maximum atomic E-state index is 11.5. The summed E-state index contributed by atoms with van der Waals surface area (Å²) in [7, 11) is 5.59. The minimum absolute atomic E-state index is 0.223. The molecule has 1 aromatic carbocycles. The number of likely N-dealkylation sites (tertiary alicyclic amines) is 1. The number of hydrogen-bond acceptors (Lipinski definition) is 3. The molecule has 2 aliphatic rings. The van der Waals surface area contributed by atoms with Crippen LogP contribution in [0.2, 0.25) is 11.3 Å². The van der Waals surface area contributed by atoms with Gasteiger partial charge in [-0.1, -0.05) is 30.4 Å². The van der Waals surface area contributed by atoms with E-state index in [1.54, 1.807) is 0 Å². The average molecular weight is 347 g/mol. The topological polar surface area (TPSA) is 52.6 Å². The Kier molecular flexibility index (Phi) is 5.85. The van der Waals surface area contributed by atoms with Crippen molar-refractivity contribution in [3.63, 3.8) is 0 Å². The first kappa shape index (κ1) is 17.8. The molecule has 2 radical (unpaired) electrons. The number of carboxylic acids is 1. The molecule has 2 heterocycles. The summed E-state index contributed by atoms with van der Waals surface area (Å²) >= 11 is 6.05. The van der Waals surface area contributed by atoms with Gasteiger partial charge in [0.25, 0.3) is 0 Å². The Morgan fingerprint density at radius 2 is 2.21 bits per heavy atom. The van der Waals surface area contributed by atoms with Crippen LogP contribution in [0.4, 0.5) is 0 Å². The first-order valence-electron chi connectivity index (χ1n) is 8.72. The number of benzene rings is 1. The number of carbonyl (C=O) groups is 1. The molecule has 4 nitrogen and oxygen atoms in total. The van der Waals surface area contributed by atoms with Gasteiger partial charge in [0.05, 0.1) is 13.8 Å². The fourth-order valence-corrected chi connectivity index (χ4v) is 4.25. The van der Waals surface area contributed by atoms with Gasteiger partial charge in [-0.25, -0.2) is 0 Å². The van der Waals surface area contributed by atoms with Crippen molar-refractivity contribution < 1.29 is 9.90 Å². The van der Waals surface area contributed by atoms with Gasteiger partial charge < -0.3 is 15.3 Å². The van der Waals surface area contributed by atoms with E-state index in [1.165, 1.54) is 11.1 Å². The van der Waals surface area contributed by atoms with Crippen LogP contribution in [-0.4, -0.2) is 49.5 Å². The van der Waals surface area contributed by atoms with Crippen molar-refractivity contribution in [2.24, 2.45) is 11.8 Å². The van der Waals surface area contributed by atoms with E-state index in [2.05, 4.69) is 16.3 Å². The smallest absolute Gasteiger partial charge is 0.308 e. The molecule has 2 aliphatic heterocycles. The molecule has 0 aliphatic carbocycles. The Balaban J connectivity index is 1.58. The molecule has 0 aromatic heterocycles. The van der Waals surface area contributed by atoms with E-state index < -0.39 is 5.97 Å². The van der Waals surface area contributed by atoms with E-state index in [0.29, 0.717) is 18.9 Å². The van der Waals surface area contributed by atoms with Crippen LogP contribution in [0, 0.1) is 11.8 Å². The highest BCUT2D eigenvalue weighted by Crippen LogP contribution is 2.29. The SMILES string of the molecule is [B]CCC[C@H]1CN(CC2Cc3ccc(Cl)cc3CN2)C[C@H]1C(=O)O. The molecule has 1 fully saturated rings. The number of carboxylic acid groups (broad SMARTS) is 1. The lowest BCUT2D eigenvalue weighted by atomic mass is 9.88. The Morgan fingerprint density at radius 3 is 2.96 bits per heavy atom. The summed E-state index contributed by atoms with van der Waals surface area (Å²) in [5, 5.41) is 13.8. The molecule has 2 N–H and O–H groups in total. The van der Waals surface area contributed by atoms with Crippen LogP contribution in [0.3, 0.4) is 0 Å². The normalized spacial score (nSPS) is 27.1. The van der Waals surface area contributed by atoms with E-state index in [4.69, 9.17) is 19.4 Å². The van der Waals surface area contributed by atoms with Gasteiger partial charge in [0.15, 0.2) is 0 Å². The zero-order valence-electron chi connectivity index (χ0n) is 13.9. The van der Waals surface area contributed by atoms with Crippen LogP contribution in [0.5, 0.6) is 0 Å². The molecule has 3 rings (SSSR count). The Hall–Kier alpha value is -1.04. The molecule has 1 saturated heterocycles. The van der Waals surface area contributed by atoms with E-state index in [0.717, 1.165) is 43.9 Å². The first-order valence-corrected chi connectivity index (χ1v) is 9.10. The summed E-state index contributed by atoms with van der Waals surface area (Å²) in [6, 6.07) is 6.45. The average Bonchev–Trinajstić information content (AvgIpc) is 2.96. The van der Waals surface area contributed by atoms with Gasteiger partial charge in [0, 0.05) is 37.2 Å². The van der Waals surface area contributed by atoms with Crippen LogP contribution in [-0.2, 0) is 17.8 Å². The molecule has 128 valence electrons. The van der Waals surface area contributed by atoms with Crippen molar-refractivity contribution in [2.45, 2.75) is 38.2 Å². The van der Waals surface area contributed by atoms with Crippen molar-refractivity contribution in [3.8, 4) is 0 Å². The molecule has 6 heteroatoms. The van der Waals surface area contributed by atoms with Crippen molar-refractivity contribution in [1.82, 2.24) is 10.2 Å². The third kappa shape index (κ3) is 4.13. The summed E-state index contributed by atoms with van der Waals surface area (Å²) in [6.07, 6.45) is 3.40. The summed E-state index contributed by atoms with van der Waals surface area (Å²) in [6.45, 7) is 3.23. The van der Waals surface area contributed by atoms with Crippen LogP contribution in [0.15, 0.2) is 18.2 Å². The van der Waals surface area contributed by atoms with E-state index in [1.807, 2.05) is 12.1 Å². The number of rotatable bonds is 6. The summed E-state index contributed by atoms with van der Waals surface area (Å²) in [4.78, 5) is 13.8. The molecule has 0 saturated carbocycles. The summed E-state index contributed by atoms with van der Waals surface area (Å²) in [5.41, 5.74) is 2.61. The molecular weight excluding hydrogens is 322 g/mol. The summed E-state index contributed by atoms with van der Waals surface area (Å²) in [5.74, 6) is -0.705. The number of aliphatic carboxylic acids is 1. The fourth-order valence-electron chi connectivity index (χ4n) is 4.05. The number of nitrogens with one attached hydrogen (secondary N) is 1. The quantitative estimate of drug-likeness (QED) is 0.777. The lowest BCUT2D eigenvalue weighted by Gasteiger charge is -2.30. The molecular formula is C18H24BClN2O2. The molecule has 3 atom stereocenters. The number of nitrogens with zero attached hydrogens (tertiary/aromatic N) is 1.